The molecule has 0 atom stereocenters. The third kappa shape index (κ3) is 4.09. The van der Waals surface area contributed by atoms with Gasteiger partial charge in [0.05, 0.1) is 7.11 Å². The predicted octanol–water partition coefficient (Wildman–Crippen LogP) is 1.98. The van der Waals surface area contributed by atoms with Gasteiger partial charge in [0.15, 0.2) is 30.5 Å². The summed E-state index contributed by atoms with van der Waals surface area (Å²) < 4.78 is 23.3. The van der Waals surface area contributed by atoms with Crippen LogP contribution in [0.4, 0.5) is 4.39 Å². The number of ether oxygens (including phenoxy) is 2. The van der Waals surface area contributed by atoms with Crippen molar-refractivity contribution in [3.63, 3.8) is 0 Å². The van der Waals surface area contributed by atoms with Crippen molar-refractivity contribution in [2.75, 3.05) is 13.7 Å². The number of benzene rings is 1. The van der Waals surface area contributed by atoms with Gasteiger partial charge in [-0.25, -0.2) is 9.18 Å². The van der Waals surface area contributed by atoms with Crippen LogP contribution in [0.5, 0.6) is 5.75 Å². The van der Waals surface area contributed by atoms with Crippen LogP contribution in [0.15, 0.2) is 35.0 Å². The van der Waals surface area contributed by atoms with Crippen LogP contribution in [0.3, 0.4) is 0 Å². The maximum absolute atomic E-state index is 13.6. The van der Waals surface area contributed by atoms with Crippen LogP contribution in [0.2, 0.25) is 0 Å². The highest BCUT2D eigenvalue weighted by Crippen LogP contribution is 2.18. The van der Waals surface area contributed by atoms with Crippen molar-refractivity contribution in [2.24, 2.45) is 0 Å². The zero-order valence-corrected chi connectivity index (χ0v) is 14.4. The highest BCUT2D eigenvalue weighted by Gasteiger charge is 2.14. The van der Waals surface area contributed by atoms with Crippen molar-refractivity contribution in [1.29, 1.82) is 0 Å². The Labute approximate surface area is 151 Å². The standard InChI is InChI=1S/C16H13FN4O4S/c1-24-14-3-2-10(6-12(14)17)13(22)8-25-15(23)7-21-19-16(18-20-21)11-4-5-26-9-11/h2-6,9H,7-8H2,1H3. The van der Waals surface area contributed by atoms with Crippen LogP contribution in [-0.2, 0) is 16.1 Å². The van der Waals surface area contributed by atoms with E-state index in [4.69, 9.17) is 9.47 Å². The Balaban J connectivity index is 1.54. The third-order valence-corrected chi connectivity index (χ3v) is 4.02. The summed E-state index contributed by atoms with van der Waals surface area (Å²) in [5, 5.41) is 15.4. The Morgan fingerprint density at radius 2 is 2.15 bits per heavy atom. The number of halogens is 1. The minimum absolute atomic E-state index is 0.0252. The van der Waals surface area contributed by atoms with Crippen LogP contribution in [0.25, 0.3) is 11.4 Å². The first-order valence-corrected chi connectivity index (χ1v) is 8.34. The molecule has 3 rings (SSSR count). The molecule has 10 heteroatoms. The summed E-state index contributed by atoms with van der Waals surface area (Å²) in [6.07, 6.45) is 0. The lowest BCUT2D eigenvalue weighted by molar-refractivity contribution is -0.143. The van der Waals surface area contributed by atoms with Gasteiger partial charge >= 0.3 is 5.97 Å². The molecule has 0 N–H and O–H groups in total. The molecule has 0 unspecified atom stereocenters. The fourth-order valence-corrected chi connectivity index (χ4v) is 2.68. The number of ketones is 1. The van der Waals surface area contributed by atoms with Gasteiger partial charge < -0.3 is 9.47 Å². The van der Waals surface area contributed by atoms with Gasteiger partial charge in [-0.15, -0.1) is 10.2 Å². The van der Waals surface area contributed by atoms with E-state index in [1.807, 2.05) is 16.8 Å². The Hall–Kier alpha value is -3.14. The molecule has 26 heavy (non-hydrogen) atoms. The molecule has 2 heterocycles. The summed E-state index contributed by atoms with van der Waals surface area (Å²) >= 11 is 1.49. The number of esters is 1. The molecule has 0 bridgehead atoms. The number of nitrogens with zero attached hydrogens (tertiary/aromatic N) is 4. The molecule has 1 aromatic carbocycles. The van der Waals surface area contributed by atoms with Gasteiger partial charge in [0.2, 0.25) is 5.82 Å². The Morgan fingerprint density at radius 3 is 2.85 bits per heavy atom. The number of carbonyl (C=O) groups is 2. The van der Waals surface area contributed by atoms with E-state index in [9.17, 15) is 14.0 Å². The third-order valence-electron chi connectivity index (χ3n) is 3.34. The zero-order valence-electron chi connectivity index (χ0n) is 13.6. The second kappa shape index (κ2) is 7.83. The summed E-state index contributed by atoms with van der Waals surface area (Å²) in [6.45, 7) is -0.807. The second-order valence-electron chi connectivity index (χ2n) is 5.09. The van der Waals surface area contributed by atoms with Crippen LogP contribution < -0.4 is 4.74 Å². The van der Waals surface area contributed by atoms with Crippen LogP contribution in [0.1, 0.15) is 10.4 Å². The van der Waals surface area contributed by atoms with Crippen LogP contribution >= 0.6 is 11.3 Å². The highest BCUT2D eigenvalue weighted by molar-refractivity contribution is 7.08. The lowest BCUT2D eigenvalue weighted by atomic mass is 10.1. The topological polar surface area (TPSA) is 96.2 Å². The Morgan fingerprint density at radius 1 is 1.31 bits per heavy atom. The maximum Gasteiger partial charge on any atom is 0.330 e. The van der Waals surface area contributed by atoms with Crippen molar-refractivity contribution in [3.8, 4) is 17.1 Å². The van der Waals surface area contributed by atoms with Gasteiger partial charge in [0.1, 0.15) is 0 Å². The van der Waals surface area contributed by atoms with E-state index >= 15 is 0 Å². The van der Waals surface area contributed by atoms with Gasteiger partial charge in [-0.2, -0.15) is 16.1 Å². The number of hydrogen-bond acceptors (Lipinski definition) is 8. The minimum Gasteiger partial charge on any atom is -0.494 e. The molecule has 0 aliphatic rings. The summed E-state index contributed by atoms with van der Waals surface area (Å²) in [5.41, 5.74) is 0.876. The highest BCUT2D eigenvalue weighted by atomic mass is 32.1. The number of Topliss-reactive ketones (excluding diaryl/α,β-unsaturated/α-hetero) is 1. The smallest absolute Gasteiger partial charge is 0.330 e. The Kier molecular flexibility index (Phi) is 5.32. The molecule has 0 spiro atoms. The van der Waals surface area contributed by atoms with E-state index in [-0.39, 0.29) is 17.9 Å². The largest absolute Gasteiger partial charge is 0.494 e. The van der Waals surface area contributed by atoms with E-state index in [2.05, 4.69) is 15.4 Å². The number of rotatable bonds is 7. The first-order valence-electron chi connectivity index (χ1n) is 7.39. The first-order chi connectivity index (χ1) is 12.6. The second-order valence-corrected chi connectivity index (χ2v) is 5.87. The first kappa shape index (κ1) is 17.7. The molecule has 2 aromatic heterocycles. The monoisotopic (exact) mass is 376 g/mol. The summed E-state index contributed by atoms with van der Waals surface area (Å²) in [5.74, 6) is -1.49. The van der Waals surface area contributed by atoms with Crippen molar-refractivity contribution >= 4 is 23.1 Å². The fraction of sp³-hybridized carbons (Fsp3) is 0.188. The lowest BCUT2D eigenvalue weighted by Gasteiger charge is -2.06. The van der Waals surface area contributed by atoms with Gasteiger partial charge in [-0.05, 0) is 34.9 Å². The SMILES string of the molecule is COc1ccc(C(=O)COC(=O)Cn2nnc(-c3ccsc3)n2)cc1F. The molecule has 0 radical (unpaired) electrons. The summed E-state index contributed by atoms with van der Waals surface area (Å²) in [7, 11) is 1.32. The molecule has 0 saturated carbocycles. The van der Waals surface area contributed by atoms with Crippen molar-refractivity contribution in [1.82, 2.24) is 20.2 Å². The maximum atomic E-state index is 13.6. The van der Waals surface area contributed by atoms with Crippen molar-refractivity contribution in [2.45, 2.75) is 6.54 Å². The molecule has 0 aliphatic heterocycles. The number of carbonyl (C=O) groups excluding carboxylic acids is 2. The van der Waals surface area contributed by atoms with E-state index < -0.39 is 24.2 Å². The lowest BCUT2D eigenvalue weighted by Crippen LogP contribution is -2.20. The number of tetrazole rings is 1. The van der Waals surface area contributed by atoms with E-state index in [0.29, 0.717) is 5.82 Å². The minimum atomic E-state index is -0.707. The summed E-state index contributed by atoms with van der Waals surface area (Å²) in [4.78, 5) is 24.9. The fourth-order valence-electron chi connectivity index (χ4n) is 2.05. The van der Waals surface area contributed by atoms with Crippen LogP contribution in [0, 0.1) is 5.82 Å². The number of aromatic nitrogens is 4. The molecule has 3 aromatic rings. The molecule has 0 fully saturated rings. The zero-order chi connectivity index (χ0) is 18.5. The number of methoxy groups -OCH3 is 1. The van der Waals surface area contributed by atoms with Gasteiger partial charge in [-0.1, -0.05) is 0 Å². The molecular weight excluding hydrogens is 363 g/mol. The summed E-state index contributed by atoms with van der Waals surface area (Å²) in [6, 6.07) is 5.58. The van der Waals surface area contributed by atoms with E-state index in [1.54, 1.807) is 0 Å². The van der Waals surface area contributed by atoms with Crippen molar-refractivity contribution < 1.29 is 23.5 Å². The molecule has 8 nitrogen and oxygen atoms in total. The van der Waals surface area contributed by atoms with E-state index in [1.165, 1.54) is 30.6 Å². The van der Waals surface area contributed by atoms with Gasteiger partial charge in [0, 0.05) is 16.5 Å². The molecule has 0 amide bonds. The quantitative estimate of drug-likeness (QED) is 0.459. The predicted molar refractivity (Wildman–Crippen MR) is 89.4 cm³/mol. The van der Waals surface area contributed by atoms with Crippen molar-refractivity contribution in [3.05, 3.63) is 46.4 Å². The normalized spacial score (nSPS) is 10.5. The van der Waals surface area contributed by atoms with E-state index in [0.717, 1.165) is 16.4 Å². The average molecular weight is 376 g/mol. The Bertz CT molecular complexity index is 926. The number of hydrogen-bond donors (Lipinski definition) is 0. The molecule has 0 saturated heterocycles. The van der Waals surface area contributed by atoms with Gasteiger partial charge in [-0.3, -0.25) is 4.79 Å². The number of thiophene rings is 1. The van der Waals surface area contributed by atoms with Gasteiger partial charge in [0.25, 0.3) is 0 Å². The molecule has 0 aliphatic carbocycles. The average Bonchev–Trinajstić information content (AvgIpc) is 3.31. The molecular formula is C16H13FN4O4S. The van der Waals surface area contributed by atoms with Crippen LogP contribution in [-0.4, -0.2) is 45.7 Å². The molecule has 134 valence electrons.